The third-order valence-corrected chi connectivity index (χ3v) is 6.65. The van der Waals surface area contributed by atoms with Crippen molar-refractivity contribution in [1.82, 2.24) is 0 Å². The Kier molecular flexibility index (Phi) is 10.7. The monoisotopic (exact) mass is 602 g/mol. The predicted octanol–water partition coefficient (Wildman–Crippen LogP) is 5.79. The molecule has 0 amide bonds. The lowest BCUT2D eigenvalue weighted by Gasteiger charge is -2.21. The third-order valence-electron chi connectivity index (χ3n) is 5.81. The molecule has 39 heavy (non-hydrogen) atoms. The van der Waals surface area contributed by atoms with Gasteiger partial charge in [-0.3, -0.25) is 0 Å². The van der Waals surface area contributed by atoms with Gasteiger partial charge in [-0.2, -0.15) is 0 Å². The van der Waals surface area contributed by atoms with Crippen LogP contribution in [0, 0.1) is 13.8 Å². The number of hydrogen-bond donors (Lipinski definition) is 0. The minimum atomic E-state index is -0.672. The van der Waals surface area contributed by atoms with Crippen molar-refractivity contribution in [3.05, 3.63) is 80.3 Å². The van der Waals surface area contributed by atoms with E-state index in [1.807, 2.05) is 30.3 Å². The number of benzene rings is 3. The molecule has 0 heterocycles. The molecule has 9 nitrogen and oxygen atoms in total. The van der Waals surface area contributed by atoms with Gasteiger partial charge in [-0.1, -0.05) is 30.3 Å². The van der Waals surface area contributed by atoms with E-state index in [9.17, 15) is 9.59 Å². The highest BCUT2D eigenvalue weighted by Crippen LogP contribution is 2.43. The van der Waals surface area contributed by atoms with Gasteiger partial charge in [0.2, 0.25) is 0 Å². The molecule has 0 aliphatic rings. The van der Waals surface area contributed by atoms with Gasteiger partial charge in [0.15, 0.2) is 12.5 Å². The molecule has 0 bridgehead atoms. The number of carbonyl (C=O) groups is 2. The quantitative estimate of drug-likeness (QED) is 0.145. The second kappa shape index (κ2) is 14.0. The van der Waals surface area contributed by atoms with Crippen LogP contribution in [0.2, 0.25) is 0 Å². The van der Waals surface area contributed by atoms with Crippen molar-refractivity contribution in [3.8, 4) is 23.0 Å². The first-order valence-electron chi connectivity index (χ1n) is 11.9. The van der Waals surface area contributed by atoms with Crippen molar-refractivity contribution < 1.29 is 42.7 Å². The van der Waals surface area contributed by atoms with Gasteiger partial charge in [0.1, 0.15) is 35.0 Å². The van der Waals surface area contributed by atoms with Gasteiger partial charge < -0.3 is 33.2 Å². The molecule has 3 aromatic carbocycles. The number of halogens is 1. The molecule has 0 fully saturated rings. The maximum atomic E-state index is 13.5. The summed E-state index contributed by atoms with van der Waals surface area (Å²) in [5, 5.41) is 0. The van der Waals surface area contributed by atoms with E-state index in [4.69, 9.17) is 33.2 Å². The summed E-state index contributed by atoms with van der Waals surface area (Å²) < 4.78 is 38.8. The van der Waals surface area contributed by atoms with Gasteiger partial charge in [-0.25, -0.2) is 9.59 Å². The molecule has 0 aliphatic heterocycles. The normalized spacial score (nSPS) is 10.6. The number of carbonyl (C=O) groups excluding carboxylic acids is 2. The molecular weight excluding hydrogens is 572 g/mol. The molecule has 0 atom stereocenters. The topological polar surface area (TPSA) is 98.8 Å². The number of aryl methyl sites for hydroxylation is 1. The van der Waals surface area contributed by atoms with E-state index >= 15 is 0 Å². The van der Waals surface area contributed by atoms with Gasteiger partial charge in [-0.05, 0) is 47.0 Å². The zero-order valence-corrected chi connectivity index (χ0v) is 24.3. The first kappa shape index (κ1) is 29.9. The van der Waals surface area contributed by atoms with Crippen LogP contribution in [0.1, 0.15) is 43.0 Å². The van der Waals surface area contributed by atoms with Crippen LogP contribution in [0.3, 0.4) is 0 Å². The SMILES string of the molecule is COCOc1c(C)c(OC(=O)c2c(C)cc(OCc3ccccc3)cc2OC)c(Br)c(COC)c1C(=O)OC. The largest absolute Gasteiger partial charge is 0.496 e. The second-order valence-corrected chi connectivity index (χ2v) is 9.20. The standard InChI is InChI=1S/C29H31BrO9/c1-17-12-20(37-14-19-10-8-7-9-11-19)13-22(35-5)23(17)29(32)39-27-18(2)26(38-16-34-4)24(28(31)36-6)21(15-33-3)25(27)30/h7-13H,14-16H2,1-6H3. The van der Waals surface area contributed by atoms with Crippen LogP contribution >= 0.6 is 15.9 Å². The Labute approximate surface area is 236 Å². The fourth-order valence-corrected chi connectivity index (χ4v) is 4.66. The van der Waals surface area contributed by atoms with Gasteiger partial charge in [0.25, 0.3) is 0 Å². The highest BCUT2D eigenvalue weighted by Gasteiger charge is 2.30. The molecule has 208 valence electrons. The zero-order chi connectivity index (χ0) is 28.5. The molecule has 0 aromatic heterocycles. The summed E-state index contributed by atoms with van der Waals surface area (Å²) in [4.78, 5) is 26.2. The van der Waals surface area contributed by atoms with Crippen molar-refractivity contribution in [2.24, 2.45) is 0 Å². The van der Waals surface area contributed by atoms with Crippen LogP contribution in [0.5, 0.6) is 23.0 Å². The Hall–Kier alpha value is -3.60. The lowest BCUT2D eigenvalue weighted by atomic mass is 10.0. The number of rotatable bonds is 12. The van der Waals surface area contributed by atoms with Crippen LogP contribution < -0.4 is 18.9 Å². The number of esters is 2. The number of methoxy groups -OCH3 is 4. The minimum absolute atomic E-state index is 0.00892. The zero-order valence-electron chi connectivity index (χ0n) is 22.7. The van der Waals surface area contributed by atoms with Gasteiger partial charge in [0.05, 0.1) is 25.3 Å². The highest BCUT2D eigenvalue weighted by molar-refractivity contribution is 9.10. The summed E-state index contributed by atoms with van der Waals surface area (Å²) in [5.41, 5.74) is 2.72. The second-order valence-electron chi connectivity index (χ2n) is 8.41. The summed E-state index contributed by atoms with van der Waals surface area (Å²) in [6.07, 6.45) is 0. The molecular formula is C29H31BrO9. The molecule has 10 heteroatoms. The predicted molar refractivity (Wildman–Crippen MR) is 147 cm³/mol. The third kappa shape index (κ3) is 6.89. The van der Waals surface area contributed by atoms with Gasteiger partial charge in [0, 0.05) is 31.4 Å². The van der Waals surface area contributed by atoms with Crippen LogP contribution in [0.25, 0.3) is 0 Å². The lowest BCUT2D eigenvalue weighted by Crippen LogP contribution is -2.17. The average Bonchev–Trinajstić information content (AvgIpc) is 2.94. The summed E-state index contributed by atoms with van der Waals surface area (Å²) in [6, 6.07) is 13.1. The first-order chi connectivity index (χ1) is 18.8. The van der Waals surface area contributed by atoms with Crippen molar-refractivity contribution >= 4 is 27.9 Å². The molecule has 0 aliphatic carbocycles. The molecule has 3 aromatic rings. The first-order valence-corrected chi connectivity index (χ1v) is 12.7. The lowest BCUT2D eigenvalue weighted by molar-refractivity contribution is 0.0453. The van der Waals surface area contributed by atoms with Crippen molar-refractivity contribution in [3.63, 3.8) is 0 Å². The fraction of sp³-hybridized carbons (Fsp3) is 0.310. The van der Waals surface area contributed by atoms with Gasteiger partial charge in [-0.15, -0.1) is 0 Å². The van der Waals surface area contributed by atoms with Crippen LogP contribution in [0.4, 0.5) is 0 Å². The minimum Gasteiger partial charge on any atom is -0.496 e. The van der Waals surface area contributed by atoms with E-state index in [1.54, 1.807) is 26.0 Å². The number of hydrogen-bond acceptors (Lipinski definition) is 9. The van der Waals surface area contributed by atoms with E-state index in [0.717, 1.165) is 5.56 Å². The Balaban J connectivity index is 2.02. The Bertz CT molecular complexity index is 1320. The highest BCUT2D eigenvalue weighted by atomic mass is 79.9. The van der Waals surface area contributed by atoms with E-state index in [0.29, 0.717) is 33.5 Å². The number of ether oxygens (including phenoxy) is 7. The Morgan fingerprint density at radius 1 is 0.821 bits per heavy atom. The van der Waals surface area contributed by atoms with Gasteiger partial charge >= 0.3 is 11.9 Å². The smallest absolute Gasteiger partial charge is 0.347 e. The molecule has 0 spiro atoms. The maximum absolute atomic E-state index is 13.5. The summed E-state index contributed by atoms with van der Waals surface area (Å²) in [6.45, 7) is 3.64. The van der Waals surface area contributed by atoms with E-state index < -0.39 is 11.9 Å². The summed E-state index contributed by atoms with van der Waals surface area (Å²) in [7, 11) is 5.65. The van der Waals surface area contributed by atoms with Crippen LogP contribution in [-0.4, -0.2) is 47.2 Å². The molecule has 0 saturated heterocycles. The average molecular weight is 603 g/mol. The molecule has 3 rings (SSSR count). The van der Waals surface area contributed by atoms with Crippen molar-refractivity contribution in [2.45, 2.75) is 27.1 Å². The van der Waals surface area contributed by atoms with Crippen LogP contribution in [-0.2, 0) is 27.4 Å². The molecule has 0 saturated carbocycles. The molecule has 0 N–H and O–H groups in total. The maximum Gasteiger partial charge on any atom is 0.347 e. The molecule has 0 radical (unpaired) electrons. The Morgan fingerprint density at radius 2 is 1.54 bits per heavy atom. The fourth-order valence-electron chi connectivity index (χ4n) is 3.97. The van der Waals surface area contributed by atoms with E-state index in [1.165, 1.54) is 28.4 Å². The Morgan fingerprint density at radius 3 is 2.15 bits per heavy atom. The van der Waals surface area contributed by atoms with E-state index in [-0.39, 0.29) is 41.8 Å². The van der Waals surface area contributed by atoms with Crippen molar-refractivity contribution in [2.75, 3.05) is 35.2 Å². The van der Waals surface area contributed by atoms with Crippen LogP contribution in [0.15, 0.2) is 46.9 Å². The summed E-state index contributed by atoms with van der Waals surface area (Å²) >= 11 is 3.49. The molecule has 0 unspecified atom stereocenters. The van der Waals surface area contributed by atoms with Crippen molar-refractivity contribution in [1.29, 1.82) is 0 Å². The van der Waals surface area contributed by atoms with E-state index in [2.05, 4.69) is 15.9 Å². The summed E-state index contributed by atoms with van der Waals surface area (Å²) in [5.74, 6) is -0.182.